The number of hydrogen-bond acceptors (Lipinski definition) is 4. The molecule has 1 aromatic rings. The Kier molecular flexibility index (Phi) is 5.58. The monoisotopic (exact) mass is 406 g/mol. The van der Waals surface area contributed by atoms with Gasteiger partial charge in [-0.25, -0.2) is 13.1 Å². The van der Waals surface area contributed by atoms with Crippen LogP contribution in [0.5, 0.6) is 0 Å². The molecule has 0 saturated carbocycles. The van der Waals surface area contributed by atoms with Crippen LogP contribution in [0.1, 0.15) is 56.8 Å². The second-order valence-electron chi connectivity index (χ2n) is 7.13. The fourth-order valence-corrected chi connectivity index (χ4v) is 5.38. The van der Waals surface area contributed by atoms with Crippen LogP contribution in [0.3, 0.4) is 0 Å². The summed E-state index contributed by atoms with van der Waals surface area (Å²) in [6.45, 7) is 5.67. The number of anilines is 1. The molecule has 6 nitrogen and oxygen atoms in total. The average molecular weight is 406 g/mol. The normalized spacial score (nSPS) is 27.0. The van der Waals surface area contributed by atoms with Gasteiger partial charge in [-0.2, -0.15) is 22.6 Å². The maximum atomic E-state index is 13.5. The predicted octanol–water partition coefficient (Wildman–Crippen LogP) is 3.62. The molecule has 152 valence electrons. The highest BCUT2D eigenvalue weighted by Crippen LogP contribution is 2.42. The molecule has 0 bridgehead atoms. The Morgan fingerprint density at radius 3 is 2.78 bits per heavy atom. The van der Waals surface area contributed by atoms with E-state index in [1.807, 2.05) is 6.92 Å². The lowest BCUT2D eigenvalue weighted by Crippen LogP contribution is -2.40. The van der Waals surface area contributed by atoms with Gasteiger partial charge in [-0.3, -0.25) is 0 Å². The SMILES string of the molecule is C=CCS(=O)(=O)N1CCCC[C@H]1c1cc2n(n1)[C@@H](C(F)(F)F)C[C@@H](CC)N2. The molecular weight excluding hydrogens is 381 g/mol. The quantitative estimate of drug-likeness (QED) is 0.759. The molecule has 1 aromatic heterocycles. The molecule has 0 unspecified atom stereocenters. The summed E-state index contributed by atoms with van der Waals surface area (Å²) in [5.41, 5.74) is 0.371. The van der Waals surface area contributed by atoms with Crippen molar-refractivity contribution in [3.63, 3.8) is 0 Å². The van der Waals surface area contributed by atoms with E-state index in [2.05, 4.69) is 17.0 Å². The van der Waals surface area contributed by atoms with Crippen LogP contribution in [0.4, 0.5) is 19.0 Å². The van der Waals surface area contributed by atoms with Gasteiger partial charge in [-0.1, -0.05) is 19.4 Å². The molecule has 27 heavy (non-hydrogen) atoms. The van der Waals surface area contributed by atoms with Crippen LogP contribution >= 0.6 is 0 Å². The Morgan fingerprint density at radius 2 is 2.15 bits per heavy atom. The van der Waals surface area contributed by atoms with E-state index in [9.17, 15) is 21.6 Å². The molecule has 2 aliphatic heterocycles. The third-order valence-electron chi connectivity index (χ3n) is 5.26. The maximum Gasteiger partial charge on any atom is 0.410 e. The van der Waals surface area contributed by atoms with Crippen molar-refractivity contribution in [2.24, 2.45) is 0 Å². The summed E-state index contributed by atoms with van der Waals surface area (Å²) < 4.78 is 68.1. The molecule has 3 heterocycles. The molecule has 1 fully saturated rings. The number of hydrogen-bond donors (Lipinski definition) is 1. The molecule has 1 saturated heterocycles. The Hall–Kier alpha value is -1.55. The zero-order valence-electron chi connectivity index (χ0n) is 15.2. The van der Waals surface area contributed by atoms with E-state index < -0.39 is 28.3 Å². The van der Waals surface area contributed by atoms with Gasteiger partial charge in [-0.15, -0.1) is 6.58 Å². The summed E-state index contributed by atoms with van der Waals surface area (Å²) in [7, 11) is -3.57. The second kappa shape index (κ2) is 7.46. The minimum atomic E-state index is -4.41. The summed E-state index contributed by atoms with van der Waals surface area (Å²) in [6, 6.07) is -0.958. The first kappa shape index (κ1) is 20.2. The van der Waals surface area contributed by atoms with Gasteiger partial charge in [0.15, 0.2) is 6.04 Å². The topological polar surface area (TPSA) is 67.2 Å². The predicted molar refractivity (Wildman–Crippen MR) is 96.9 cm³/mol. The molecule has 0 aromatic carbocycles. The lowest BCUT2D eigenvalue weighted by atomic mass is 10.0. The standard InChI is InChI=1S/C17H25F3N4O2S/c1-3-9-27(25,26)23-8-6-5-7-14(23)13-11-16-21-12(4-2)10-15(17(18,19)20)24(16)22-13/h3,11-12,14-15,21H,1,4-10H2,2H3/t12-,14+,15-/m1/s1. The van der Waals surface area contributed by atoms with Crippen molar-refractivity contribution in [2.75, 3.05) is 17.6 Å². The van der Waals surface area contributed by atoms with Crippen molar-refractivity contribution >= 4 is 15.8 Å². The van der Waals surface area contributed by atoms with Gasteiger partial charge in [0.2, 0.25) is 10.0 Å². The van der Waals surface area contributed by atoms with Crippen LogP contribution in [0.25, 0.3) is 0 Å². The van der Waals surface area contributed by atoms with Gasteiger partial charge in [-0.05, 0) is 25.7 Å². The third-order valence-corrected chi connectivity index (χ3v) is 7.07. The van der Waals surface area contributed by atoms with E-state index in [1.165, 1.54) is 10.4 Å². The summed E-state index contributed by atoms with van der Waals surface area (Å²) in [5.74, 6) is 0.107. The third kappa shape index (κ3) is 4.01. The van der Waals surface area contributed by atoms with E-state index in [0.717, 1.165) is 17.5 Å². The number of rotatable bonds is 5. The van der Waals surface area contributed by atoms with Crippen molar-refractivity contribution in [1.29, 1.82) is 0 Å². The highest BCUT2D eigenvalue weighted by molar-refractivity contribution is 7.89. The van der Waals surface area contributed by atoms with Crippen molar-refractivity contribution < 1.29 is 21.6 Å². The van der Waals surface area contributed by atoms with Crippen LogP contribution in [0, 0.1) is 0 Å². The fourth-order valence-electron chi connectivity index (χ4n) is 3.88. The lowest BCUT2D eigenvalue weighted by molar-refractivity contribution is -0.173. The van der Waals surface area contributed by atoms with Gasteiger partial charge < -0.3 is 5.32 Å². The molecule has 10 heteroatoms. The highest BCUT2D eigenvalue weighted by atomic mass is 32.2. The Balaban J connectivity index is 1.98. The van der Waals surface area contributed by atoms with Crippen molar-refractivity contribution in [2.45, 2.75) is 63.3 Å². The summed E-state index contributed by atoms with van der Waals surface area (Å²) >= 11 is 0. The van der Waals surface area contributed by atoms with Gasteiger partial charge in [0.25, 0.3) is 0 Å². The first-order valence-electron chi connectivity index (χ1n) is 9.20. The molecule has 0 amide bonds. The molecule has 3 rings (SSSR count). The fraction of sp³-hybridized carbons (Fsp3) is 0.706. The largest absolute Gasteiger partial charge is 0.410 e. The smallest absolute Gasteiger partial charge is 0.367 e. The Bertz CT molecular complexity index is 791. The van der Waals surface area contributed by atoms with E-state index >= 15 is 0 Å². The Labute approximate surface area is 157 Å². The molecule has 0 spiro atoms. The van der Waals surface area contributed by atoms with E-state index in [0.29, 0.717) is 30.9 Å². The minimum absolute atomic E-state index is 0.0860. The van der Waals surface area contributed by atoms with Crippen molar-refractivity contribution in [3.05, 3.63) is 24.4 Å². The number of alkyl halides is 3. The van der Waals surface area contributed by atoms with Crippen LogP contribution in [0.15, 0.2) is 18.7 Å². The van der Waals surface area contributed by atoms with Crippen LogP contribution < -0.4 is 5.32 Å². The molecule has 2 aliphatic rings. The first-order valence-corrected chi connectivity index (χ1v) is 10.8. The first-order chi connectivity index (χ1) is 12.7. The van der Waals surface area contributed by atoms with Crippen molar-refractivity contribution in [3.8, 4) is 0 Å². The number of aromatic nitrogens is 2. The number of halogens is 3. The zero-order chi connectivity index (χ0) is 19.8. The number of fused-ring (bicyclic) bond motifs is 1. The number of nitrogens with zero attached hydrogens (tertiary/aromatic N) is 3. The maximum absolute atomic E-state index is 13.5. The molecule has 3 atom stereocenters. The molecule has 0 radical (unpaired) electrons. The minimum Gasteiger partial charge on any atom is -0.367 e. The average Bonchev–Trinajstić information content (AvgIpc) is 3.03. The van der Waals surface area contributed by atoms with E-state index in [4.69, 9.17) is 0 Å². The summed E-state index contributed by atoms with van der Waals surface area (Å²) in [6.07, 6.45) is -0.530. The van der Waals surface area contributed by atoms with Gasteiger partial charge in [0, 0.05) is 18.7 Å². The summed E-state index contributed by atoms with van der Waals surface area (Å²) in [5, 5.41) is 7.32. The summed E-state index contributed by atoms with van der Waals surface area (Å²) in [4.78, 5) is 0. The molecule has 0 aliphatic carbocycles. The Morgan fingerprint density at radius 1 is 1.41 bits per heavy atom. The zero-order valence-corrected chi connectivity index (χ0v) is 16.1. The second-order valence-corrected chi connectivity index (χ2v) is 9.10. The van der Waals surface area contributed by atoms with Crippen LogP contribution in [-0.2, 0) is 10.0 Å². The van der Waals surface area contributed by atoms with Gasteiger partial charge >= 0.3 is 6.18 Å². The highest BCUT2D eigenvalue weighted by Gasteiger charge is 2.46. The van der Waals surface area contributed by atoms with Crippen LogP contribution in [-0.4, -0.2) is 47.0 Å². The van der Waals surface area contributed by atoms with E-state index in [1.54, 1.807) is 6.07 Å². The van der Waals surface area contributed by atoms with Crippen molar-refractivity contribution in [1.82, 2.24) is 14.1 Å². The number of sulfonamides is 1. The number of piperidine rings is 1. The molecule has 1 N–H and O–H groups in total. The molecular formula is C17H25F3N4O2S. The number of nitrogens with one attached hydrogen (secondary N) is 1. The lowest BCUT2D eigenvalue weighted by Gasteiger charge is -2.33. The van der Waals surface area contributed by atoms with E-state index in [-0.39, 0.29) is 18.2 Å². The van der Waals surface area contributed by atoms with Crippen LogP contribution in [0.2, 0.25) is 0 Å². The van der Waals surface area contributed by atoms with Gasteiger partial charge in [0.1, 0.15) is 5.82 Å². The van der Waals surface area contributed by atoms with Gasteiger partial charge in [0.05, 0.1) is 17.5 Å².